The fourth-order valence-corrected chi connectivity index (χ4v) is 0.351. The highest BCUT2D eigenvalue weighted by Crippen LogP contribution is 1.89. The maximum Gasteiger partial charge on any atom is 0.237 e. The molecule has 0 saturated carbocycles. The van der Waals surface area contributed by atoms with Crippen molar-refractivity contribution in [2.45, 2.75) is 6.17 Å². The molecule has 0 fully saturated rings. The number of aliphatic imine (C=N–C) groups is 3. The van der Waals surface area contributed by atoms with Gasteiger partial charge < -0.3 is 0 Å². The summed E-state index contributed by atoms with van der Waals surface area (Å²) in [4.78, 5) is 38.0. The van der Waals surface area contributed by atoms with Crippen LogP contribution in [0.15, 0.2) is 15.0 Å². The van der Waals surface area contributed by atoms with Crippen molar-refractivity contribution in [3.8, 4) is 0 Å². The minimum atomic E-state index is -0.994. The Labute approximate surface area is 61.4 Å². The second-order valence-corrected chi connectivity index (χ2v) is 1.35. The van der Waals surface area contributed by atoms with E-state index in [1.54, 1.807) is 0 Å². The first kappa shape index (κ1) is 9.14. The molecule has 0 bridgehead atoms. The summed E-state index contributed by atoms with van der Waals surface area (Å²) in [7, 11) is 0. The molecule has 0 aliphatic carbocycles. The SMILES string of the molecule is O=C=NCC(N=C=O)N=C=O. The normalized spacial score (nSPS) is 9.82. The van der Waals surface area contributed by atoms with Gasteiger partial charge in [0.1, 0.15) is 0 Å². The molecule has 0 radical (unpaired) electrons. The summed E-state index contributed by atoms with van der Waals surface area (Å²) in [6.07, 6.45) is 2.56. The van der Waals surface area contributed by atoms with Gasteiger partial charge in [0.05, 0.1) is 6.54 Å². The van der Waals surface area contributed by atoms with E-state index in [1.807, 2.05) is 0 Å². The van der Waals surface area contributed by atoms with E-state index in [2.05, 4.69) is 15.0 Å². The van der Waals surface area contributed by atoms with Gasteiger partial charge in [-0.1, -0.05) is 0 Å². The maximum absolute atomic E-state index is 9.63. The molecule has 0 spiro atoms. The van der Waals surface area contributed by atoms with E-state index in [0.29, 0.717) is 0 Å². The van der Waals surface area contributed by atoms with Gasteiger partial charge in [-0.15, -0.1) is 0 Å². The molecule has 0 saturated heterocycles. The zero-order chi connectivity index (χ0) is 8.53. The first-order chi connectivity index (χ1) is 5.35. The van der Waals surface area contributed by atoms with E-state index in [-0.39, 0.29) is 6.54 Å². The largest absolute Gasteiger partial charge is 0.237 e. The molecule has 0 rings (SSSR count). The van der Waals surface area contributed by atoms with Gasteiger partial charge in [-0.25, -0.2) is 19.4 Å². The summed E-state index contributed by atoms with van der Waals surface area (Å²) < 4.78 is 0. The number of rotatable bonds is 4. The van der Waals surface area contributed by atoms with Crippen LogP contribution in [0.2, 0.25) is 0 Å². The van der Waals surface area contributed by atoms with E-state index in [1.165, 1.54) is 18.2 Å². The minimum absolute atomic E-state index is 0.187. The second-order valence-electron chi connectivity index (χ2n) is 1.35. The Kier molecular flexibility index (Phi) is 5.20. The Hall–Kier alpha value is -1.86. The Morgan fingerprint density at radius 3 is 1.91 bits per heavy atom. The van der Waals surface area contributed by atoms with Crippen LogP contribution in [0.4, 0.5) is 0 Å². The maximum atomic E-state index is 9.63. The lowest BCUT2D eigenvalue weighted by molar-refractivity contribution is 0.546. The second kappa shape index (κ2) is 6.26. The molecule has 0 atom stereocenters. The van der Waals surface area contributed by atoms with Crippen LogP contribution in [-0.2, 0) is 14.4 Å². The molecule has 0 aromatic heterocycles. The molecule has 0 N–H and O–H groups in total. The third-order valence-electron chi connectivity index (χ3n) is 0.723. The van der Waals surface area contributed by atoms with Crippen molar-refractivity contribution in [2.24, 2.45) is 15.0 Å². The summed E-state index contributed by atoms with van der Waals surface area (Å²) in [6.45, 7) is -0.187. The molecule has 0 aromatic carbocycles. The fraction of sp³-hybridized carbons (Fsp3) is 0.400. The lowest BCUT2D eigenvalue weighted by Crippen LogP contribution is -2.03. The molecular formula is C5H3N3O3. The Morgan fingerprint density at radius 1 is 1.00 bits per heavy atom. The van der Waals surface area contributed by atoms with Crippen LogP contribution in [-0.4, -0.2) is 31.0 Å². The molecule has 0 unspecified atom stereocenters. The standard InChI is InChI=1S/C5H3N3O3/c9-2-6-1-5(7-3-10)8-4-11/h5H,1H2. The monoisotopic (exact) mass is 153 g/mol. The average molecular weight is 153 g/mol. The summed E-state index contributed by atoms with van der Waals surface area (Å²) in [5.41, 5.74) is 0. The van der Waals surface area contributed by atoms with Gasteiger partial charge in [-0.3, -0.25) is 0 Å². The average Bonchev–Trinajstić information content (AvgIpc) is 2.01. The van der Waals surface area contributed by atoms with E-state index < -0.39 is 6.17 Å². The van der Waals surface area contributed by atoms with Crippen molar-refractivity contribution in [1.29, 1.82) is 0 Å². The topological polar surface area (TPSA) is 88.3 Å². The number of hydrogen-bond acceptors (Lipinski definition) is 6. The van der Waals surface area contributed by atoms with Crippen molar-refractivity contribution in [1.82, 2.24) is 0 Å². The lowest BCUT2D eigenvalue weighted by Gasteiger charge is -1.92. The molecule has 0 aliphatic rings. The van der Waals surface area contributed by atoms with Gasteiger partial charge in [0, 0.05) is 0 Å². The summed E-state index contributed by atoms with van der Waals surface area (Å²) in [6, 6.07) is 0. The van der Waals surface area contributed by atoms with E-state index in [4.69, 9.17) is 0 Å². The predicted octanol–water partition coefficient (Wildman–Crippen LogP) is -0.680. The Balaban J connectivity index is 4.20. The first-order valence-electron chi connectivity index (χ1n) is 2.52. The van der Waals surface area contributed by atoms with Crippen LogP contribution in [0, 0.1) is 0 Å². The predicted molar refractivity (Wildman–Crippen MR) is 33.0 cm³/mol. The summed E-state index contributed by atoms with van der Waals surface area (Å²) >= 11 is 0. The van der Waals surface area contributed by atoms with E-state index >= 15 is 0 Å². The van der Waals surface area contributed by atoms with Gasteiger partial charge >= 0.3 is 0 Å². The highest BCUT2D eigenvalue weighted by atomic mass is 16.1. The number of nitrogens with zero attached hydrogens (tertiary/aromatic N) is 3. The quantitative estimate of drug-likeness (QED) is 0.396. The third-order valence-corrected chi connectivity index (χ3v) is 0.723. The van der Waals surface area contributed by atoms with Gasteiger partial charge in [-0.05, 0) is 0 Å². The van der Waals surface area contributed by atoms with Gasteiger partial charge in [-0.2, -0.15) is 9.98 Å². The van der Waals surface area contributed by atoms with E-state index in [0.717, 1.165) is 0 Å². The van der Waals surface area contributed by atoms with Gasteiger partial charge in [0.15, 0.2) is 6.17 Å². The van der Waals surface area contributed by atoms with Crippen LogP contribution >= 0.6 is 0 Å². The molecule has 0 amide bonds. The smallest absolute Gasteiger partial charge is 0.211 e. The molecule has 0 aromatic rings. The number of hydrogen-bond donors (Lipinski definition) is 0. The molecule has 6 nitrogen and oxygen atoms in total. The molecular weight excluding hydrogens is 150 g/mol. The zero-order valence-corrected chi connectivity index (χ0v) is 5.35. The molecule has 11 heavy (non-hydrogen) atoms. The molecule has 0 aliphatic heterocycles. The van der Waals surface area contributed by atoms with Crippen molar-refractivity contribution >= 4 is 18.2 Å². The summed E-state index contributed by atoms with van der Waals surface area (Å²) in [5.74, 6) is 0. The lowest BCUT2D eigenvalue weighted by atomic mass is 10.5. The Bertz CT molecular complexity index is 238. The Morgan fingerprint density at radius 2 is 1.55 bits per heavy atom. The van der Waals surface area contributed by atoms with Crippen LogP contribution in [0.5, 0.6) is 0 Å². The summed E-state index contributed by atoms with van der Waals surface area (Å²) in [5, 5.41) is 0. The first-order valence-corrected chi connectivity index (χ1v) is 2.52. The van der Waals surface area contributed by atoms with Crippen molar-refractivity contribution < 1.29 is 14.4 Å². The van der Waals surface area contributed by atoms with Crippen LogP contribution in [0.1, 0.15) is 0 Å². The van der Waals surface area contributed by atoms with Gasteiger partial charge in [0.2, 0.25) is 18.2 Å². The zero-order valence-electron chi connectivity index (χ0n) is 5.35. The highest BCUT2D eigenvalue weighted by molar-refractivity contribution is 5.38. The number of isocyanates is 3. The fourth-order valence-electron chi connectivity index (χ4n) is 0.351. The third kappa shape index (κ3) is 4.63. The van der Waals surface area contributed by atoms with Gasteiger partial charge in [0.25, 0.3) is 0 Å². The van der Waals surface area contributed by atoms with E-state index in [9.17, 15) is 14.4 Å². The molecule has 6 heteroatoms. The van der Waals surface area contributed by atoms with Crippen molar-refractivity contribution in [3.63, 3.8) is 0 Å². The minimum Gasteiger partial charge on any atom is -0.211 e. The molecule has 56 valence electrons. The van der Waals surface area contributed by atoms with Crippen LogP contribution in [0.25, 0.3) is 0 Å². The van der Waals surface area contributed by atoms with Crippen LogP contribution < -0.4 is 0 Å². The molecule has 0 heterocycles. The highest BCUT2D eigenvalue weighted by Gasteiger charge is 2.00. The van der Waals surface area contributed by atoms with Crippen molar-refractivity contribution in [2.75, 3.05) is 6.54 Å². The van der Waals surface area contributed by atoms with Crippen LogP contribution in [0.3, 0.4) is 0 Å². The number of carbonyl (C=O) groups excluding carboxylic acids is 3. The van der Waals surface area contributed by atoms with Crippen molar-refractivity contribution in [3.05, 3.63) is 0 Å².